The largest absolute Gasteiger partial charge is 0.480 e. The van der Waals surface area contributed by atoms with Crippen molar-refractivity contribution in [2.24, 2.45) is 0 Å². The molecule has 0 fully saturated rings. The second-order valence-electron chi connectivity index (χ2n) is 4.03. The molecular formula is C13H11NO6. The third-order valence-electron chi connectivity index (χ3n) is 2.67. The quantitative estimate of drug-likeness (QED) is 0.675. The summed E-state index contributed by atoms with van der Waals surface area (Å²) in [6.07, 6.45) is 0. The van der Waals surface area contributed by atoms with E-state index in [2.05, 4.69) is 0 Å². The van der Waals surface area contributed by atoms with Crippen LogP contribution < -0.4 is 10.9 Å². The van der Waals surface area contributed by atoms with Crippen LogP contribution in [0.25, 0.3) is 11.0 Å². The molecule has 0 bridgehead atoms. The summed E-state index contributed by atoms with van der Waals surface area (Å²) in [7, 11) is 0. The van der Waals surface area contributed by atoms with Crippen molar-refractivity contribution in [2.75, 3.05) is 6.61 Å². The van der Waals surface area contributed by atoms with Gasteiger partial charge >= 0.3 is 11.6 Å². The van der Waals surface area contributed by atoms with E-state index in [-0.39, 0.29) is 5.56 Å². The third-order valence-corrected chi connectivity index (χ3v) is 2.67. The average Bonchev–Trinajstić information content (AvgIpc) is 2.43. The van der Waals surface area contributed by atoms with E-state index in [0.29, 0.717) is 11.0 Å². The molecule has 7 heteroatoms. The zero-order chi connectivity index (χ0) is 14.7. The lowest BCUT2D eigenvalue weighted by Crippen LogP contribution is -2.44. The zero-order valence-corrected chi connectivity index (χ0v) is 10.2. The fraction of sp³-hybridized carbons (Fsp3) is 0.154. The van der Waals surface area contributed by atoms with E-state index in [1.807, 2.05) is 5.32 Å². The number of fused-ring (bicyclic) bond motifs is 1. The van der Waals surface area contributed by atoms with Gasteiger partial charge in [-0.3, -0.25) is 4.79 Å². The summed E-state index contributed by atoms with van der Waals surface area (Å²) in [5.41, 5.74) is -0.863. The molecule has 1 heterocycles. The summed E-state index contributed by atoms with van der Waals surface area (Å²) in [6, 6.07) is 6.44. The van der Waals surface area contributed by atoms with Crippen LogP contribution in [0.4, 0.5) is 0 Å². The molecule has 2 aromatic rings. The molecule has 1 aromatic heterocycles. The van der Waals surface area contributed by atoms with E-state index in [0.717, 1.165) is 0 Å². The normalized spacial score (nSPS) is 12.1. The summed E-state index contributed by atoms with van der Waals surface area (Å²) in [5.74, 6) is -2.31. The number of rotatable bonds is 4. The molecule has 0 saturated carbocycles. The number of amides is 1. The van der Waals surface area contributed by atoms with Gasteiger partial charge in [0.15, 0.2) is 6.04 Å². The summed E-state index contributed by atoms with van der Waals surface area (Å²) in [5, 5.41) is 20.1. The minimum absolute atomic E-state index is 0.316. The predicted molar refractivity (Wildman–Crippen MR) is 68.5 cm³/mol. The number of carboxylic acid groups (broad SMARTS) is 1. The van der Waals surface area contributed by atoms with Gasteiger partial charge in [-0.2, -0.15) is 0 Å². The second-order valence-corrected chi connectivity index (χ2v) is 4.03. The molecule has 2 rings (SSSR count). The van der Waals surface area contributed by atoms with Gasteiger partial charge in [0.05, 0.1) is 6.61 Å². The molecule has 3 N–H and O–H groups in total. The van der Waals surface area contributed by atoms with Crippen molar-refractivity contribution in [1.29, 1.82) is 0 Å². The number of aliphatic hydroxyl groups is 1. The number of aliphatic carboxylic acids is 1. The topological polar surface area (TPSA) is 117 Å². The highest BCUT2D eigenvalue weighted by molar-refractivity contribution is 5.98. The van der Waals surface area contributed by atoms with Crippen LogP contribution in [-0.4, -0.2) is 34.7 Å². The van der Waals surface area contributed by atoms with Gasteiger partial charge in [0.25, 0.3) is 5.91 Å². The molecule has 20 heavy (non-hydrogen) atoms. The lowest BCUT2D eigenvalue weighted by Gasteiger charge is -2.11. The maximum atomic E-state index is 11.8. The maximum absolute atomic E-state index is 11.8. The van der Waals surface area contributed by atoms with Crippen molar-refractivity contribution in [3.8, 4) is 0 Å². The molecule has 104 valence electrons. The number of para-hydroxylation sites is 1. The average molecular weight is 277 g/mol. The van der Waals surface area contributed by atoms with Crippen LogP contribution >= 0.6 is 0 Å². The van der Waals surface area contributed by atoms with Crippen molar-refractivity contribution in [3.63, 3.8) is 0 Å². The smallest absolute Gasteiger partial charge is 0.349 e. The van der Waals surface area contributed by atoms with Crippen molar-refractivity contribution in [2.45, 2.75) is 6.04 Å². The highest BCUT2D eigenvalue weighted by atomic mass is 16.4. The van der Waals surface area contributed by atoms with Crippen LogP contribution in [0.15, 0.2) is 39.5 Å². The van der Waals surface area contributed by atoms with Gasteiger partial charge in [-0.1, -0.05) is 18.2 Å². The number of hydrogen-bond acceptors (Lipinski definition) is 5. The first-order valence-electron chi connectivity index (χ1n) is 5.70. The molecule has 1 unspecified atom stereocenters. The number of nitrogens with one attached hydrogen (secondary N) is 1. The van der Waals surface area contributed by atoms with Gasteiger partial charge in [-0.25, -0.2) is 9.59 Å². The molecule has 1 aromatic carbocycles. The Morgan fingerprint density at radius 3 is 2.65 bits per heavy atom. The fourth-order valence-electron chi connectivity index (χ4n) is 1.64. The number of carboxylic acids is 1. The van der Waals surface area contributed by atoms with Crippen LogP contribution in [0.5, 0.6) is 0 Å². The minimum atomic E-state index is -1.48. The molecule has 0 aliphatic carbocycles. The van der Waals surface area contributed by atoms with E-state index in [4.69, 9.17) is 14.6 Å². The summed E-state index contributed by atoms with van der Waals surface area (Å²) in [6.45, 7) is -0.778. The van der Waals surface area contributed by atoms with E-state index >= 15 is 0 Å². The van der Waals surface area contributed by atoms with Crippen LogP contribution in [0.1, 0.15) is 10.4 Å². The molecule has 0 radical (unpaired) electrons. The lowest BCUT2D eigenvalue weighted by atomic mass is 10.1. The standard InChI is InChI=1S/C13H11NO6/c15-6-9(12(17)18)14-11(16)8-5-7-3-1-2-4-10(7)20-13(8)19/h1-5,9,15H,6H2,(H,14,16)(H,17,18). The first-order valence-corrected chi connectivity index (χ1v) is 5.70. The summed E-state index contributed by atoms with van der Waals surface area (Å²) in [4.78, 5) is 34.2. The number of aliphatic hydroxyl groups excluding tert-OH is 1. The van der Waals surface area contributed by atoms with Crippen molar-refractivity contribution < 1.29 is 24.2 Å². The zero-order valence-electron chi connectivity index (χ0n) is 10.2. The Labute approximate surface area is 112 Å². The van der Waals surface area contributed by atoms with E-state index < -0.39 is 30.2 Å². The summed E-state index contributed by atoms with van der Waals surface area (Å²) < 4.78 is 4.96. The van der Waals surface area contributed by atoms with Gasteiger partial charge in [-0.15, -0.1) is 0 Å². The SMILES string of the molecule is O=C(NC(CO)C(=O)O)c1cc2ccccc2oc1=O. The Kier molecular flexibility index (Phi) is 3.81. The molecule has 1 atom stereocenters. The predicted octanol–water partition coefficient (Wildman–Crippen LogP) is -0.0317. The highest BCUT2D eigenvalue weighted by Gasteiger charge is 2.22. The number of carbonyl (C=O) groups excluding carboxylic acids is 1. The Morgan fingerprint density at radius 1 is 1.30 bits per heavy atom. The van der Waals surface area contributed by atoms with Gasteiger partial charge in [0.2, 0.25) is 0 Å². The van der Waals surface area contributed by atoms with Gasteiger partial charge in [0, 0.05) is 5.39 Å². The number of hydrogen-bond donors (Lipinski definition) is 3. The van der Waals surface area contributed by atoms with Crippen LogP contribution in [0, 0.1) is 0 Å². The maximum Gasteiger partial charge on any atom is 0.349 e. The third kappa shape index (κ3) is 2.67. The highest BCUT2D eigenvalue weighted by Crippen LogP contribution is 2.12. The van der Waals surface area contributed by atoms with Crippen LogP contribution in [0.3, 0.4) is 0 Å². The molecule has 0 aliphatic heterocycles. The number of benzene rings is 1. The van der Waals surface area contributed by atoms with Crippen LogP contribution in [0.2, 0.25) is 0 Å². The molecule has 0 saturated heterocycles. The second kappa shape index (κ2) is 5.54. The fourth-order valence-corrected chi connectivity index (χ4v) is 1.64. The van der Waals surface area contributed by atoms with E-state index in [9.17, 15) is 14.4 Å². The lowest BCUT2D eigenvalue weighted by molar-refractivity contribution is -0.140. The van der Waals surface area contributed by atoms with E-state index in [1.165, 1.54) is 6.07 Å². The Hall–Kier alpha value is -2.67. The Morgan fingerprint density at radius 2 is 2.00 bits per heavy atom. The van der Waals surface area contributed by atoms with E-state index in [1.54, 1.807) is 24.3 Å². The molecular weight excluding hydrogens is 266 g/mol. The van der Waals surface area contributed by atoms with Gasteiger partial charge in [-0.05, 0) is 12.1 Å². The molecule has 0 aliphatic rings. The molecule has 0 spiro atoms. The monoisotopic (exact) mass is 277 g/mol. The van der Waals surface area contributed by atoms with Crippen molar-refractivity contribution >= 4 is 22.8 Å². The Balaban J connectivity index is 2.37. The van der Waals surface area contributed by atoms with Crippen LogP contribution in [-0.2, 0) is 4.79 Å². The minimum Gasteiger partial charge on any atom is -0.480 e. The van der Waals surface area contributed by atoms with Gasteiger partial charge in [0.1, 0.15) is 11.1 Å². The van der Waals surface area contributed by atoms with Gasteiger partial charge < -0.3 is 19.9 Å². The Bertz CT molecular complexity index is 720. The number of carbonyl (C=O) groups is 2. The summed E-state index contributed by atoms with van der Waals surface area (Å²) >= 11 is 0. The molecule has 7 nitrogen and oxygen atoms in total. The van der Waals surface area contributed by atoms with Crippen molar-refractivity contribution in [3.05, 3.63) is 46.3 Å². The molecule has 1 amide bonds. The first-order chi connectivity index (χ1) is 9.52. The van der Waals surface area contributed by atoms with Crippen molar-refractivity contribution in [1.82, 2.24) is 5.32 Å². The first kappa shape index (κ1) is 13.8.